The molecule has 0 N–H and O–H groups in total. The molecule has 0 radical (unpaired) electrons. The molecule has 0 aromatic rings. The summed E-state index contributed by atoms with van der Waals surface area (Å²) in [4.78, 5) is 2.31. The predicted molar refractivity (Wildman–Crippen MR) is 53.8 cm³/mol. The van der Waals surface area contributed by atoms with Crippen molar-refractivity contribution in [3.63, 3.8) is 0 Å². The Morgan fingerprint density at radius 3 is 3.00 bits per heavy atom. The third kappa shape index (κ3) is 2.26. The Bertz CT molecular complexity index is 218. The van der Waals surface area contributed by atoms with Crippen molar-refractivity contribution in [1.29, 1.82) is 5.26 Å². The van der Waals surface area contributed by atoms with Crippen LogP contribution in [0.3, 0.4) is 0 Å². The molecule has 2 unspecified atom stereocenters. The van der Waals surface area contributed by atoms with E-state index in [1.165, 1.54) is 19.3 Å². The van der Waals surface area contributed by atoms with Crippen LogP contribution in [0.25, 0.3) is 0 Å². The largest absolute Gasteiger partial charge is 0.378 e. The maximum atomic E-state index is 8.91. The van der Waals surface area contributed by atoms with Crippen molar-refractivity contribution in [2.45, 2.75) is 44.2 Å². The normalized spacial score (nSPS) is 33.4. The van der Waals surface area contributed by atoms with E-state index < -0.39 is 0 Å². The van der Waals surface area contributed by atoms with Crippen molar-refractivity contribution in [3.05, 3.63) is 0 Å². The number of hydrogen-bond acceptors (Lipinski definition) is 3. The van der Waals surface area contributed by atoms with Gasteiger partial charge in [-0.2, -0.15) is 5.26 Å². The lowest BCUT2D eigenvalue weighted by Crippen LogP contribution is -2.31. The molecule has 2 fully saturated rings. The molecule has 3 heteroatoms. The van der Waals surface area contributed by atoms with E-state index in [0.717, 1.165) is 32.5 Å². The van der Waals surface area contributed by atoms with Crippen molar-refractivity contribution in [2.24, 2.45) is 0 Å². The van der Waals surface area contributed by atoms with Crippen LogP contribution in [0.5, 0.6) is 0 Å². The van der Waals surface area contributed by atoms with Gasteiger partial charge in [0.1, 0.15) is 0 Å². The van der Waals surface area contributed by atoms with Crippen LogP contribution in [0, 0.1) is 11.3 Å². The molecule has 0 bridgehead atoms. The first-order chi connectivity index (χ1) is 6.90. The topological polar surface area (TPSA) is 36.3 Å². The molecule has 0 spiro atoms. The first kappa shape index (κ1) is 9.95. The van der Waals surface area contributed by atoms with Gasteiger partial charge in [-0.1, -0.05) is 0 Å². The number of nitriles is 1. The van der Waals surface area contributed by atoms with Crippen LogP contribution in [0.15, 0.2) is 0 Å². The highest BCUT2D eigenvalue weighted by molar-refractivity contribution is 4.95. The maximum Gasteiger partial charge on any atom is 0.0978 e. The average molecular weight is 194 g/mol. The van der Waals surface area contributed by atoms with Gasteiger partial charge < -0.3 is 4.74 Å². The Hall–Kier alpha value is -0.590. The van der Waals surface area contributed by atoms with Gasteiger partial charge in [0.25, 0.3) is 0 Å². The smallest absolute Gasteiger partial charge is 0.0978 e. The minimum absolute atomic E-state index is 0.177. The maximum absolute atomic E-state index is 8.91. The summed E-state index contributed by atoms with van der Waals surface area (Å²) in [5.74, 6) is 0. The highest BCUT2D eigenvalue weighted by Gasteiger charge is 2.25. The fraction of sp³-hybridized carbons (Fsp3) is 0.909. The number of rotatable bonds is 3. The lowest BCUT2D eigenvalue weighted by molar-refractivity contribution is 0.0927. The average Bonchev–Trinajstić information content (AvgIpc) is 2.85. The van der Waals surface area contributed by atoms with Crippen molar-refractivity contribution in [2.75, 3.05) is 19.7 Å². The van der Waals surface area contributed by atoms with E-state index >= 15 is 0 Å². The van der Waals surface area contributed by atoms with Gasteiger partial charge >= 0.3 is 0 Å². The first-order valence-corrected chi connectivity index (χ1v) is 5.65. The summed E-state index contributed by atoms with van der Waals surface area (Å²) in [6.07, 6.45) is 6.25. The summed E-state index contributed by atoms with van der Waals surface area (Å²) in [6.45, 7) is 3.08. The van der Waals surface area contributed by atoms with Gasteiger partial charge in [0.05, 0.1) is 18.2 Å². The van der Waals surface area contributed by atoms with Gasteiger partial charge in [0.15, 0.2) is 0 Å². The van der Waals surface area contributed by atoms with Crippen molar-refractivity contribution < 1.29 is 4.74 Å². The van der Waals surface area contributed by atoms with Crippen molar-refractivity contribution >= 4 is 0 Å². The SMILES string of the molecule is N#CC1CCCN1CCC1CCCO1. The quantitative estimate of drug-likeness (QED) is 0.683. The zero-order valence-corrected chi connectivity index (χ0v) is 8.61. The van der Waals surface area contributed by atoms with Crippen LogP contribution in [0.2, 0.25) is 0 Å². The van der Waals surface area contributed by atoms with Gasteiger partial charge in [-0.3, -0.25) is 4.90 Å². The van der Waals surface area contributed by atoms with Crippen LogP contribution in [0.4, 0.5) is 0 Å². The van der Waals surface area contributed by atoms with Crippen LogP contribution in [-0.4, -0.2) is 36.7 Å². The molecule has 3 nitrogen and oxygen atoms in total. The summed E-state index contributed by atoms with van der Waals surface area (Å²) in [7, 11) is 0. The van der Waals surface area contributed by atoms with E-state index in [2.05, 4.69) is 11.0 Å². The zero-order valence-electron chi connectivity index (χ0n) is 8.61. The van der Waals surface area contributed by atoms with Crippen LogP contribution < -0.4 is 0 Å². The summed E-state index contributed by atoms with van der Waals surface area (Å²) in [6, 6.07) is 2.55. The molecule has 2 saturated heterocycles. The summed E-state index contributed by atoms with van der Waals surface area (Å²) < 4.78 is 5.57. The van der Waals surface area contributed by atoms with Crippen LogP contribution in [0.1, 0.15) is 32.1 Å². The monoisotopic (exact) mass is 194 g/mol. The third-order valence-corrected chi connectivity index (χ3v) is 3.27. The first-order valence-electron chi connectivity index (χ1n) is 5.65. The Balaban J connectivity index is 1.71. The number of nitrogens with zero attached hydrogens (tertiary/aromatic N) is 2. The molecule has 78 valence electrons. The Kier molecular flexibility index (Phi) is 3.39. The number of hydrogen-bond donors (Lipinski definition) is 0. The molecule has 2 aliphatic heterocycles. The second-order valence-electron chi connectivity index (χ2n) is 4.25. The molecule has 2 heterocycles. The Morgan fingerprint density at radius 1 is 1.36 bits per heavy atom. The molecular weight excluding hydrogens is 176 g/mol. The van der Waals surface area contributed by atoms with E-state index in [0.29, 0.717) is 6.10 Å². The van der Waals surface area contributed by atoms with Gasteiger partial charge in [0, 0.05) is 13.2 Å². The summed E-state index contributed by atoms with van der Waals surface area (Å²) in [5.41, 5.74) is 0. The Morgan fingerprint density at radius 2 is 2.29 bits per heavy atom. The van der Waals surface area contributed by atoms with Crippen molar-refractivity contribution in [3.8, 4) is 6.07 Å². The van der Waals surface area contributed by atoms with Crippen LogP contribution in [-0.2, 0) is 4.74 Å². The second kappa shape index (κ2) is 4.77. The summed E-state index contributed by atoms with van der Waals surface area (Å²) in [5, 5.41) is 8.91. The molecule has 0 aromatic carbocycles. The molecule has 0 aliphatic carbocycles. The fourth-order valence-electron chi connectivity index (χ4n) is 2.42. The zero-order chi connectivity index (χ0) is 9.80. The lowest BCUT2D eigenvalue weighted by Gasteiger charge is -2.20. The van der Waals surface area contributed by atoms with Crippen molar-refractivity contribution in [1.82, 2.24) is 4.90 Å². The highest BCUT2D eigenvalue weighted by atomic mass is 16.5. The van der Waals surface area contributed by atoms with E-state index in [1.54, 1.807) is 0 Å². The second-order valence-corrected chi connectivity index (χ2v) is 4.25. The van der Waals surface area contributed by atoms with Gasteiger partial charge in [-0.25, -0.2) is 0 Å². The van der Waals surface area contributed by atoms with Gasteiger partial charge in [0.2, 0.25) is 0 Å². The highest BCUT2D eigenvalue weighted by Crippen LogP contribution is 2.20. The Labute approximate surface area is 85.6 Å². The molecule has 14 heavy (non-hydrogen) atoms. The lowest BCUT2D eigenvalue weighted by atomic mass is 10.1. The van der Waals surface area contributed by atoms with E-state index in [1.807, 2.05) is 0 Å². The number of ether oxygens (including phenoxy) is 1. The minimum Gasteiger partial charge on any atom is -0.378 e. The molecule has 2 aliphatic rings. The molecule has 2 atom stereocenters. The minimum atomic E-state index is 0.177. The predicted octanol–water partition coefficient (Wildman–Crippen LogP) is 1.54. The van der Waals surface area contributed by atoms with Crippen LogP contribution >= 0.6 is 0 Å². The summed E-state index contributed by atoms with van der Waals surface area (Å²) >= 11 is 0. The third-order valence-electron chi connectivity index (χ3n) is 3.27. The molecule has 0 saturated carbocycles. The van der Waals surface area contributed by atoms with E-state index in [4.69, 9.17) is 10.00 Å². The number of likely N-dealkylation sites (tertiary alicyclic amines) is 1. The van der Waals surface area contributed by atoms with Gasteiger partial charge in [-0.05, 0) is 38.6 Å². The van der Waals surface area contributed by atoms with E-state index in [9.17, 15) is 0 Å². The molecule has 0 amide bonds. The fourth-order valence-corrected chi connectivity index (χ4v) is 2.42. The molecule has 2 rings (SSSR count). The van der Waals surface area contributed by atoms with Gasteiger partial charge in [-0.15, -0.1) is 0 Å². The van der Waals surface area contributed by atoms with E-state index in [-0.39, 0.29) is 6.04 Å². The molecule has 0 aromatic heterocycles. The molecular formula is C11H18N2O. The standard InChI is InChI=1S/C11H18N2O/c12-9-10-3-1-6-13(10)7-5-11-4-2-8-14-11/h10-11H,1-8H2.